The second kappa shape index (κ2) is 5.91. The van der Waals surface area contributed by atoms with Gasteiger partial charge in [0.1, 0.15) is 5.82 Å². The topological polar surface area (TPSA) is 51.2 Å². The lowest BCUT2D eigenvalue weighted by molar-refractivity contribution is 0.0600. The van der Waals surface area contributed by atoms with E-state index in [1.807, 2.05) is 0 Å². The van der Waals surface area contributed by atoms with Gasteiger partial charge in [-0.3, -0.25) is 0 Å². The predicted octanol–water partition coefficient (Wildman–Crippen LogP) is 2.42. The molecule has 0 bridgehead atoms. The molecule has 0 atom stereocenters. The van der Waals surface area contributed by atoms with Gasteiger partial charge in [-0.25, -0.2) is 9.78 Å². The average molecular weight is 254 g/mol. The third kappa shape index (κ3) is 4.26. The predicted molar refractivity (Wildman–Crippen MR) is 71.7 cm³/mol. The molecule has 0 aliphatic carbocycles. The molecule has 94 valence electrons. The van der Waals surface area contributed by atoms with Crippen LogP contribution in [0, 0.1) is 0 Å². The lowest BCUT2D eigenvalue weighted by atomic mass is 10.2. The van der Waals surface area contributed by atoms with Crippen molar-refractivity contribution in [2.24, 2.45) is 0 Å². The van der Waals surface area contributed by atoms with E-state index in [-0.39, 0.29) is 10.7 Å². The SMILES string of the molecule is COC(=O)c1ccnc(NCC(C)(C)SC)c1. The summed E-state index contributed by atoms with van der Waals surface area (Å²) in [7, 11) is 1.37. The summed E-state index contributed by atoms with van der Waals surface area (Å²) in [4.78, 5) is 15.5. The van der Waals surface area contributed by atoms with E-state index in [4.69, 9.17) is 0 Å². The fourth-order valence-electron chi connectivity index (χ4n) is 1.15. The van der Waals surface area contributed by atoms with Gasteiger partial charge in [0.15, 0.2) is 0 Å². The van der Waals surface area contributed by atoms with Gasteiger partial charge in [0, 0.05) is 17.5 Å². The van der Waals surface area contributed by atoms with Crippen molar-refractivity contribution in [1.29, 1.82) is 0 Å². The first-order valence-corrected chi connectivity index (χ1v) is 6.54. The molecule has 0 radical (unpaired) electrons. The zero-order valence-electron chi connectivity index (χ0n) is 10.6. The summed E-state index contributed by atoms with van der Waals surface area (Å²) in [5.74, 6) is 0.342. The number of carbonyl (C=O) groups is 1. The van der Waals surface area contributed by atoms with Gasteiger partial charge in [0.25, 0.3) is 0 Å². The van der Waals surface area contributed by atoms with Crippen LogP contribution in [0.15, 0.2) is 18.3 Å². The first-order chi connectivity index (χ1) is 7.98. The number of rotatable bonds is 5. The molecule has 1 rings (SSSR count). The van der Waals surface area contributed by atoms with Crippen molar-refractivity contribution in [3.8, 4) is 0 Å². The van der Waals surface area contributed by atoms with Crippen LogP contribution < -0.4 is 5.32 Å². The van der Waals surface area contributed by atoms with Crippen LogP contribution in [-0.2, 0) is 4.74 Å². The van der Waals surface area contributed by atoms with Gasteiger partial charge in [-0.1, -0.05) is 0 Å². The maximum Gasteiger partial charge on any atom is 0.338 e. The maximum atomic E-state index is 11.3. The van der Waals surface area contributed by atoms with Crippen LogP contribution in [-0.4, -0.2) is 35.6 Å². The Balaban J connectivity index is 2.70. The van der Waals surface area contributed by atoms with E-state index in [1.165, 1.54) is 7.11 Å². The molecule has 0 aliphatic rings. The molecule has 0 saturated carbocycles. The van der Waals surface area contributed by atoms with Crippen molar-refractivity contribution >= 4 is 23.5 Å². The Hall–Kier alpha value is -1.23. The number of aromatic nitrogens is 1. The molecule has 0 aliphatic heterocycles. The molecule has 4 nitrogen and oxygen atoms in total. The molecule has 17 heavy (non-hydrogen) atoms. The molecule has 1 heterocycles. The molecular formula is C12H18N2O2S. The number of hydrogen-bond donors (Lipinski definition) is 1. The molecule has 0 fully saturated rings. The van der Waals surface area contributed by atoms with Crippen LogP contribution in [0.2, 0.25) is 0 Å². The Morgan fingerprint density at radius 1 is 1.59 bits per heavy atom. The molecule has 0 spiro atoms. The largest absolute Gasteiger partial charge is 0.465 e. The van der Waals surface area contributed by atoms with Crippen molar-refractivity contribution in [3.05, 3.63) is 23.9 Å². The van der Waals surface area contributed by atoms with E-state index in [9.17, 15) is 4.79 Å². The van der Waals surface area contributed by atoms with Crippen molar-refractivity contribution in [2.45, 2.75) is 18.6 Å². The number of thioether (sulfide) groups is 1. The summed E-state index contributed by atoms with van der Waals surface area (Å²) >= 11 is 1.78. The number of anilines is 1. The third-order valence-corrected chi connectivity index (χ3v) is 3.68. The van der Waals surface area contributed by atoms with Gasteiger partial charge in [-0.2, -0.15) is 11.8 Å². The Kier molecular flexibility index (Phi) is 4.81. The van der Waals surface area contributed by atoms with Gasteiger partial charge in [-0.15, -0.1) is 0 Å². The highest BCUT2D eigenvalue weighted by Gasteiger charge is 2.15. The summed E-state index contributed by atoms with van der Waals surface area (Å²) in [5.41, 5.74) is 0.506. The molecule has 0 aromatic carbocycles. The number of nitrogens with zero attached hydrogens (tertiary/aromatic N) is 1. The van der Waals surface area contributed by atoms with Crippen LogP contribution >= 0.6 is 11.8 Å². The monoisotopic (exact) mass is 254 g/mol. The second-order valence-corrected chi connectivity index (χ2v) is 5.75. The Morgan fingerprint density at radius 3 is 2.88 bits per heavy atom. The highest BCUT2D eigenvalue weighted by molar-refractivity contribution is 7.99. The highest BCUT2D eigenvalue weighted by Crippen LogP contribution is 2.21. The normalized spacial score (nSPS) is 11.1. The van der Waals surface area contributed by atoms with Crippen molar-refractivity contribution < 1.29 is 9.53 Å². The molecule has 5 heteroatoms. The summed E-state index contributed by atoms with van der Waals surface area (Å²) in [6.45, 7) is 5.08. The maximum absolute atomic E-state index is 11.3. The van der Waals surface area contributed by atoms with Crippen LogP contribution in [0.25, 0.3) is 0 Å². The lowest BCUT2D eigenvalue weighted by Crippen LogP contribution is -2.26. The number of pyridine rings is 1. The van der Waals surface area contributed by atoms with Crippen molar-refractivity contribution in [1.82, 2.24) is 4.98 Å². The Morgan fingerprint density at radius 2 is 2.29 bits per heavy atom. The van der Waals surface area contributed by atoms with E-state index < -0.39 is 0 Å². The molecule has 0 saturated heterocycles. The fourth-order valence-corrected chi connectivity index (χ4v) is 1.36. The van der Waals surface area contributed by atoms with Crippen molar-refractivity contribution in [2.75, 3.05) is 25.2 Å². The molecule has 1 aromatic rings. The molecule has 0 amide bonds. The smallest absolute Gasteiger partial charge is 0.338 e. The highest BCUT2D eigenvalue weighted by atomic mass is 32.2. The number of ether oxygens (including phenoxy) is 1. The summed E-state index contributed by atoms with van der Waals surface area (Å²) in [6, 6.07) is 3.33. The van der Waals surface area contributed by atoms with Gasteiger partial charge < -0.3 is 10.1 Å². The van der Waals surface area contributed by atoms with E-state index in [1.54, 1.807) is 30.1 Å². The number of nitrogens with one attached hydrogen (secondary N) is 1. The summed E-state index contributed by atoms with van der Waals surface area (Å²) < 4.78 is 4.79. The first-order valence-electron chi connectivity index (χ1n) is 5.32. The Bertz CT molecular complexity index is 394. The minimum Gasteiger partial charge on any atom is -0.465 e. The Labute approximate surface area is 106 Å². The van der Waals surface area contributed by atoms with Gasteiger partial charge >= 0.3 is 5.97 Å². The van der Waals surface area contributed by atoms with Gasteiger partial charge in [-0.05, 0) is 32.2 Å². The standard InChI is InChI=1S/C12H18N2O2S/c1-12(2,17-4)8-14-10-7-9(5-6-13-10)11(15)16-3/h5-7H,8H2,1-4H3,(H,13,14). The van der Waals surface area contributed by atoms with Crippen LogP contribution in [0.5, 0.6) is 0 Å². The quantitative estimate of drug-likeness (QED) is 0.818. The number of hydrogen-bond acceptors (Lipinski definition) is 5. The molecule has 0 unspecified atom stereocenters. The van der Waals surface area contributed by atoms with Crippen LogP contribution in [0.1, 0.15) is 24.2 Å². The zero-order valence-corrected chi connectivity index (χ0v) is 11.4. The fraction of sp³-hybridized carbons (Fsp3) is 0.500. The molecule has 1 N–H and O–H groups in total. The van der Waals surface area contributed by atoms with Gasteiger partial charge in [0.2, 0.25) is 0 Å². The summed E-state index contributed by atoms with van der Waals surface area (Å²) in [5, 5.41) is 3.22. The first kappa shape index (κ1) is 13.8. The molecular weight excluding hydrogens is 236 g/mol. The minimum atomic E-state index is -0.348. The number of methoxy groups -OCH3 is 1. The minimum absolute atomic E-state index is 0.128. The van der Waals surface area contributed by atoms with E-state index in [0.29, 0.717) is 11.4 Å². The zero-order chi connectivity index (χ0) is 12.9. The third-order valence-electron chi connectivity index (χ3n) is 2.43. The summed E-state index contributed by atoms with van der Waals surface area (Å²) in [6.07, 6.45) is 3.67. The lowest BCUT2D eigenvalue weighted by Gasteiger charge is -2.22. The van der Waals surface area contributed by atoms with Gasteiger partial charge in [0.05, 0.1) is 12.7 Å². The second-order valence-electron chi connectivity index (χ2n) is 4.24. The van der Waals surface area contributed by atoms with E-state index in [0.717, 1.165) is 6.54 Å². The number of carbonyl (C=O) groups excluding carboxylic acids is 1. The average Bonchev–Trinajstić information content (AvgIpc) is 2.36. The van der Waals surface area contributed by atoms with E-state index in [2.05, 4.69) is 35.1 Å². The van der Waals surface area contributed by atoms with E-state index >= 15 is 0 Å². The molecule has 1 aromatic heterocycles. The number of esters is 1. The van der Waals surface area contributed by atoms with Crippen molar-refractivity contribution in [3.63, 3.8) is 0 Å². The van der Waals surface area contributed by atoms with Crippen LogP contribution in [0.3, 0.4) is 0 Å². The van der Waals surface area contributed by atoms with Crippen LogP contribution in [0.4, 0.5) is 5.82 Å².